The lowest BCUT2D eigenvalue weighted by atomic mass is 9.68. The van der Waals surface area contributed by atoms with Crippen LogP contribution in [0.5, 0.6) is 0 Å². The number of carbonyl (C=O) groups excluding carboxylic acids is 1. The minimum absolute atomic E-state index is 0.321. The maximum Gasteiger partial charge on any atom is 0.143 e. The molecule has 0 spiro atoms. The molecule has 0 aromatic rings. The summed E-state index contributed by atoms with van der Waals surface area (Å²) in [6.45, 7) is 8.80. The maximum absolute atomic E-state index is 10.3. The molecule has 0 amide bonds. The van der Waals surface area contributed by atoms with Crippen LogP contribution >= 0.6 is 15.9 Å². The molecule has 0 bridgehead atoms. The number of aldehydes is 1. The van der Waals surface area contributed by atoms with E-state index in [1.54, 1.807) is 6.08 Å². The molecule has 2 heteroatoms. The number of carbonyl (C=O) groups is 1. The number of hydrogen-bond donors (Lipinski definition) is 0. The van der Waals surface area contributed by atoms with Gasteiger partial charge < -0.3 is 0 Å². The van der Waals surface area contributed by atoms with Crippen molar-refractivity contribution in [1.29, 1.82) is 0 Å². The van der Waals surface area contributed by atoms with Gasteiger partial charge in [0.25, 0.3) is 0 Å². The topological polar surface area (TPSA) is 17.1 Å². The monoisotopic (exact) mass is 348 g/mol. The minimum Gasteiger partial charge on any atom is -0.299 e. The molecular weight excluding hydrogens is 324 g/mol. The molecule has 1 atom stereocenters. The van der Waals surface area contributed by atoms with Gasteiger partial charge in [0, 0.05) is 10.4 Å². The minimum atomic E-state index is 0.321. The van der Waals surface area contributed by atoms with Crippen molar-refractivity contribution in [3.8, 4) is 0 Å². The summed E-state index contributed by atoms with van der Waals surface area (Å²) in [6, 6.07) is 0. The zero-order chi connectivity index (χ0) is 15.9. The molecule has 21 heavy (non-hydrogen) atoms. The van der Waals surface area contributed by atoms with Gasteiger partial charge in [-0.1, -0.05) is 65.7 Å². The van der Waals surface area contributed by atoms with Crippen molar-refractivity contribution in [2.24, 2.45) is 11.3 Å². The van der Waals surface area contributed by atoms with E-state index in [-0.39, 0.29) is 0 Å². The third kappa shape index (κ3) is 6.01. The normalized spacial score (nSPS) is 23.7. The predicted molar refractivity (Wildman–Crippen MR) is 95.4 cm³/mol. The van der Waals surface area contributed by atoms with E-state index in [9.17, 15) is 4.79 Å². The molecule has 1 aliphatic carbocycles. The first kappa shape index (κ1) is 17.9. The summed E-state index contributed by atoms with van der Waals surface area (Å²) in [5.41, 5.74) is 2.72. The molecule has 1 aliphatic rings. The summed E-state index contributed by atoms with van der Waals surface area (Å²) in [5.74, 6) is 0.493. The van der Waals surface area contributed by atoms with Crippen LogP contribution in [0.25, 0.3) is 0 Å². The Bertz CT molecular complexity index is 516. The van der Waals surface area contributed by atoms with E-state index in [0.717, 1.165) is 16.3 Å². The SMILES string of the molecule is CC1=CCCC(C)(C)C1/C=C/C(Br)=C/C=C/C(C)=C/C=O. The van der Waals surface area contributed by atoms with Crippen molar-refractivity contribution >= 4 is 22.2 Å². The standard InChI is InChI=1S/C19H25BrO/c1-15(12-14-21)7-5-9-17(20)10-11-18-16(2)8-6-13-19(18,3)4/h5,7-12,14,18H,6,13H2,1-4H3/b7-5+,11-10+,15-12+,17-9-. The summed E-state index contributed by atoms with van der Waals surface area (Å²) in [4.78, 5) is 10.3. The molecule has 0 saturated carbocycles. The van der Waals surface area contributed by atoms with Crippen LogP contribution in [0.15, 0.2) is 58.2 Å². The molecule has 114 valence electrons. The van der Waals surface area contributed by atoms with E-state index >= 15 is 0 Å². The number of halogens is 1. The van der Waals surface area contributed by atoms with Crippen molar-refractivity contribution in [2.75, 3.05) is 0 Å². The van der Waals surface area contributed by atoms with Crippen LogP contribution in [-0.2, 0) is 4.79 Å². The molecule has 1 nitrogen and oxygen atoms in total. The Kier molecular flexibility index (Phi) is 7.10. The first-order chi connectivity index (χ1) is 9.86. The zero-order valence-corrected chi connectivity index (χ0v) is 15.0. The van der Waals surface area contributed by atoms with Crippen LogP contribution < -0.4 is 0 Å². The Morgan fingerprint density at radius 2 is 2.05 bits per heavy atom. The Morgan fingerprint density at radius 1 is 1.33 bits per heavy atom. The van der Waals surface area contributed by atoms with Gasteiger partial charge in [0.05, 0.1) is 0 Å². The quantitative estimate of drug-likeness (QED) is 0.261. The van der Waals surface area contributed by atoms with E-state index in [1.807, 2.05) is 25.2 Å². The molecule has 1 unspecified atom stereocenters. The molecule has 1 rings (SSSR count). The van der Waals surface area contributed by atoms with Crippen LogP contribution in [0.4, 0.5) is 0 Å². The van der Waals surface area contributed by atoms with E-state index < -0.39 is 0 Å². The fraction of sp³-hybridized carbons (Fsp3) is 0.421. The van der Waals surface area contributed by atoms with Crippen LogP contribution in [-0.4, -0.2) is 6.29 Å². The van der Waals surface area contributed by atoms with Gasteiger partial charge in [0.1, 0.15) is 6.29 Å². The summed E-state index contributed by atoms with van der Waals surface area (Å²) < 4.78 is 1.03. The second-order valence-electron chi connectivity index (χ2n) is 6.27. The van der Waals surface area contributed by atoms with Crippen molar-refractivity contribution in [1.82, 2.24) is 0 Å². The third-order valence-corrected chi connectivity index (χ3v) is 4.51. The highest BCUT2D eigenvalue weighted by atomic mass is 79.9. The highest BCUT2D eigenvalue weighted by Gasteiger charge is 2.30. The van der Waals surface area contributed by atoms with E-state index in [2.05, 4.69) is 54.9 Å². The van der Waals surface area contributed by atoms with Crippen LogP contribution in [0.2, 0.25) is 0 Å². The molecule has 0 N–H and O–H groups in total. The van der Waals surface area contributed by atoms with Crippen molar-refractivity contribution in [2.45, 2.75) is 40.5 Å². The maximum atomic E-state index is 10.3. The Hall–Kier alpha value is -1.15. The lowest BCUT2D eigenvalue weighted by Crippen LogP contribution is -2.26. The molecule has 0 aliphatic heterocycles. The zero-order valence-electron chi connectivity index (χ0n) is 13.4. The highest BCUT2D eigenvalue weighted by molar-refractivity contribution is 9.11. The first-order valence-corrected chi connectivity index (χ1v) is 8.17. The molecular formula is C19H25BrO. The van der Waals surface area contributed by atoms with Crippen molar-refractivity contribution in [3.63, 3.8) is 0 Å². The van der Waals surface area contributed by atoms with Gasteiger partial charge in [-0.2, -0.15) is 0 Å². The van der Waals surface area contributed by atoms with Gasteiger partial charge in [-0.15, -0.1) is 0 Å². The Morgan fingerprint density at radius 3 is 2.67 bits per heavy atom. The fourth-order valence-electron chi connectivity index (χ4n) is 2.68. The van der Waals surface area contributed by atoms with E-state index in [1.165, 1.54) is 18.4 Å². The predicted octanol–water partition coefficient (Wildman–Crippen LogP) is 5.91. The Labute approximate surface area is 137 Å². The van der Waals surface area contributed by atoms with E-state index in [0.29, 0.717) is 11.3 Å². The summed E-state index contributed by atoms with van der Waals surface area (Å²) in [6.07, 6.45) is 17.4. The van der Waals surface area contributed by atoms with E-state index in [4.69, 9.17) is 0 Å². The number of rotatable bonds is 5. The summed E-state index contributed by atoms with van der Waals surface area (Å²) >= 11 is 3.57. The van der Waals surface area contributed by atoms with Gasteiger partial charge in [0.15, 0.2) is 0 Å². The van der Waals surface area contributed by atoms with Crippen LogP contribution in [0, 0.1) is 11.3 Å². The third-order valence-electron chi connectivity index (χ3n) is 3.98. The molecule has 0 aromatic carbocycles. The van der Waals surface area contributed by atoms with Crippen molar-refractivity contribution < 1.29 is 4.79 Å². The number of hydrogen-bond acceptors (Lipinski definition) is 1. The lowest BCUT2D eigenvalue weighted by molar-refractivity contribution is -0.104. The molecule has 0 radical (unpaired) electrons. The van der Waals surface area contributed by atoms with Gasteiger partial charge in [-0.25, -0.2) is 0 Å². The molecule has 0 aromatic heterocycles. The van der Waals surface area contributed by atoms with Crippen molar-refractivity contribution in [3.05, 3.63) is 58.2 Å². The fourth-order valence-corrected chi connectivity index (χ4v) is 2.99. The number of allylic oxidation sites excluding steroid dienone is 10. The molecule has 0 heterocycles. The Balaban J connectivity index is 2.75. The van der Waals surface area contributed by atoms with Crippen LogP contribution in [0.1, 0.15) is 40.5 Å². The average molecular weight is 349 g/mol. The second-order valence-corrected chi connectivity index (χ2v) is 7.19. The highest BCUT2D eigenvalue weighted by Crippen LogP contribution is 2.41. The first-order valence-electron chi connectivity index (χ1n) is 7.37. The summed E-state index contributed by atoms with van der Waals surface area (Å²) in [7, 11) is 0. The smallest absolute Gasteiger partial charge is 0.143 e. The largest absolute Gasteiger partial charge is 0.299 e. The average Bonchev–Trinajstić information content (AvgIpc) is 2.37. The second kappa shape index (κ2) is 8.33. The van der Waals surface area contributed by atoms with Gasteiger partial charge in [0.2, 0.25) is 0 Å². The van der Waals surface area contributed by atoms with Gasteiger partial charge in [-0.05, 0) is 49.8 Å². The van der Waals surface area contributed by atoms with Gasteiger partial charge >= 0.3 is 0 Å². The van der Waals surface area contributed by atoms with Gasteiger partial charge in [-0.3, -0.25) is 4.79 Å². The summed E-state index contributed by atoms with van der Waals surface area (Å²) in [5, 5.41) is 0. The molecule has 0 fully saturated rings. The lowest BCUT2D eigenvalue weighted by Gasteiger charge is -2.36. The molecule has 0 saturated heterocycles. The van der Waals surface area contributed by atoms with Crippen LogP contribution in [0.3, 0.4) is 0 Å².